The Labute approximate surface area is 143 Å². The normalized spacial score (nSPS) is 22.1. The number of allylic oxidation sites excluding steroid dienone is 1. The molecule has 0 aromatic heterocycles. The molecule has 7 heteroatoms. The standard InChI is InChI=1S/C17H24N2O4S/c1-3-9-17(13-20)10-4-11-19(12-17)24(22,23)15-7-5-14(6-8-15)16(21)18-2/h3,5-8,20H,1,4,9-13H2,2H3,(H,18,21)/t17-/m0/s1. The number of amides is 1. The predicted octanol–water partition coefficient (Wildman–Crippen LogP) is 1.39. The summed E-state index contributed by atoms with van der Waals surface area (Å²) < 4.78 is 27.1. The van der Waals surface area contributed by atoms with Gasteiger partial charge >= 0.3 is 0 Å². The van der Waals surface area contributed by atoms with Crippen molar-refractivity contribution >= 4 is 15.9 Å². The average Bonchev–Trinajstić information content (AvgIpc) is 2.61. The molecule has 1 saturated heterocycles. The van der Waals surface area contributed by atoms with Crippen LogP contribution < -0.4 is 5.32 Å². The highest BCUT2D eigenvalue weighted by Crippen LogP contribution is 2.35. The van der Waals surface area contributed by atoms with Gasteiger partial charge in [-0.05, 0) is 43.5 Å². The van der Waals surface area contributed by atoms with Gasteiger partial charge in [0.1, 0.15) is 0 Å². The summed E-state index contributed by atoms with van der Waals surface area (Å²) in [6.45, 7) is 4.34. The SMILES string of the molecule is C=CC[C@]1(CO)CCCN(S(=O)(=O)c2ccc(C(=O)NC)cc2)C1. The van der Waals surface area contributed by atoms with E-state index in [1.807, 2.05) is 0 Å². The number of benzene rings is 1. The van der Waals surface area contributed by atoms with Crippen molar-refractivity contribution in [2.75, 3.05) is 26.7 Å². The predicted molar refractivity (Wildman–Crippen MR) is 92.2 cm³/mol. The molecule has 1 aromatic carbocycles. The van der Waals surface area contributed by atoms with E-state index in [-0.39, 0.29) is 24.0 Å². The van der Waals surface area contributed by atoms with E-state index in [1.54, 1.807) is 6.08 Å². The molecule has 1 amide bonds. The zero-order chi connectivity index (χ0) is 17.8. The van der Waals surface area contributed by atoms with E-state index in [9.17, 15) is 18.3 Å². The van der Waals surface area contributed by atoms with Gasteiger partial charge in [0.05, 0.1) is 11.5 Å². The fraction of sp³-hybridized carbons (Fsp3) is 0.471. The quantitative estimate of drug-likeness (QED) is 0.758. The zero-order valence-electron chi connectivity index (χ0n) is 13.9. The minimum Gasteiger partial charge on any atom is -0.396 e. The van der Waals surface area contributed by atoms with Crippen LogP contribution in [0.2, 0.25) is 0 Å². The maximum atomic E-state index is 12.9. The lowest BCUT2D eigenvalue weighted by atomic mass is 9.79. The first-order valence-corrected chi connectivity index (χ1v) is 9.36. The summed E-state index contributed by atoms with van der Waals surface area (Å²) >= 11 is 0. The van der Waals surface area contributed by atoms with Gasteiger partial charge in [-0.1, -0.05) is 6.08 Å². The molecule has 1 fully saturated rings. The van der Waals surface area contributed by atoms with Crippen molar-refractivity contribution in [1.29, 1.82) is 0 Å². The summed E-state index contributed by atoms with van der Waals surface area (Å²) in [7, 11) is -2.13. The fourth-order valence-corrected chi connectivity index (χ4v) is 4.70. The summed E-state index contributed by atoms with van der Waals surface area (Å²) in [6.07, 6.45) is 3.77. The van der Waals surface area contributed by atoms with Crippen molar-refractivity contribution in [2.45, 2.75) is 24.2 Å². The van der Waals surface area contributed by atoms with Crippen molar-refractivity contribution in [1.82, 2.24) is 9.62 Å². The van der Waals surface area contributed by atoms with Crippen LogP contribution in [0.5, 0.6) is 0 Å². The van der Waals surface area contributed by atoms with Crippen LogP contribution in [0.1, 0.15) is 29.6 Å². The first-order chi connectivity index (χ1) is 11.4. The number of nitrogens with one attached hydrogen (secondary N) is 1. The molecule has 0 saturated carbocycles. The Balaban J connectivity index is 2.26. The molecule has 132 valence electrons. The minimum atomic E-state index is -3.65. The van der Waals surface area contributed by atoms with Crippen LogP contribution in [0.3, 0.4) is 0 Å². The second kappa shape index (κ2) is 7.46. The van der Waals surface area contributed by atoms with Crippen molar-refractivity contribution in [3.05, 3.63) is 42.5 Å². The van der Waals surface area contributed by atoms with Crippen LogP contribution in [0, 0.1) is 5.41 Å². The van der Waals surface area contributed by atoms with Crippen LogP contribution in [-0.2, 0) is 10.0 Å². The van der Waals surface area contributed by atoms with Crippen LogP contribution in [0.15, 0.2) is 41.8 Å². The molecule has 1 aromatic rings. The highest BCUT2D eigenvalue weighted by molar-refractivity contribution is 7.89. The number of sulfonamides is 1. The Morgan fingerprint density at radius 3 is 2.62 bits per heavy atom. The molecule has 2 rings (SSSR count). The second-order valence-electron chi connectivity index (χ2n) is 6.20. The highest BCUT2D eigenvalue weighted by atomic mass is 32.2. The largest absolute Gasteiger partial charge is 0.396 e. The van der Waals surface area contributed by atoms with E-state index in [2.05, 4.69) is 11.9 Å². The number of hydrogen-bond acceptors (Lipinski definition) is 4. The number of carbonyl (C=O) groups is 1. The number of rotatable bonds is 6. The van der Waals surface area contributed by atoms with Gasteiger partial charge in [-0.25, -0.2) is 8.42 Å². The van der Waals surface area contributed by atoms with Gasteiger partial charge in [-0.15, -0.1) is 6.58 Å². The average molecular weight is 352 g/mol. The smallest absolute Gasteiger partial charge is 0.251 e. The lowest BCUT2D eigenvalue weighted by Gasteiger charge is -2.40. The molecule has 0 spiro atoms. The Bertz CT molecular complexity index is 700. The van der Waals surface area contributed by atoms with Gasteiger partial charge in [0.25, 0.3) is 5.91 Å². The second-order valence-corrected chi connectivity index (χ2v) is 8.13. The summed E-state index contributed by atoms with van der Waals surface area (Å²) in [5.74, 6) is -0.262. The number of hydrogen-bond donors (Lipinski definition) is 2. The van der Waals surface area contributed by atoms with Gasteiger partial charge in [-0.3, -0.25) is 4.79 Å². The minimum absolute atomic E-state index is 0.0688. The first kappa shape index (κ1) is 18.6. The molecule has 0 aliphatic carbocycles. The number of piperidine rings is 1. The first-order valence-electron chi connectivity index (χ1n) is 7.92. The number of aliphatic hydroxyl groups excluding tert-OH is 1. The van der Waals surface area contributed by atoms with Crippen molar-refractivity contribution < 1.29 is 18.3 Å². The van der Waals surface area contributed by atoms with Gasteiger partial charge in [0.2, 0.25) is 10.0 Å². The molecule has 0 bridgehead atoms. The molecule has 0 unspecified atom stereocenters. The molecule has 24 heavy (non-hydrogen) atoms. The summed E-state index contributed by atoms with van der Waals surface area (Å²) in [5.41, 5.74) is -0.0544. The van der Waals surface area contributed by atoms with Crippen molar-refractivity contribution in [2.24, 2.45) is 5.41 Å². The summed E-state index contributed by atoms with van der Waals surface area (Å²) in [6, 6.07) is 5.89. The molecule has 1 heterocycles. The van der Waals surface area contributed by atoms with Crippen LogP contribution in [0.4, 0.5) is 0 Å². The molecule has 6 nitrogen and oxygen atoms in total. The van der Waals surface area contributed by atoms with Crippen molar-refractivity contribution in [3.8, 4) is 0 Å². The number of carbonyl (C=O) groups excluding carboxylic acids is 1. The van der Waals surface area contributed by atoms with E-state index < -0.39 is 15.4 Å². The topological polar surface area (TPSA) is 86.7 Å². The maximum absolute atomic E-state index is 12.9. The van der Waals surface area contributed by atoms with E-state index in [1.165, 1.54) is 35.6 Å². The Kier molecular flexibility index (Phi) is 5.79. The van der Waals surface area contributed by atoms with E-state index in [0.29, 0.717) is 24.9 Å². The molecule has 0 radical (unpaired) electrons. The molecular formula is C17H24N2O4S. The Morgan fingerprint density at radius 1 is 1.42 bits per heavy atom. The Morgan fingerprint density at radius 2 is 2.08 bits per heavy atom. The fourth-order valence-electron chi connectivity index (χ4n) is 3.11. The van der Waals surface area contributed by atoms with Gasteiger partial charge < -0.3 is 10.4 Å². The molecule has 1 aliphatic heterocycles. The van der Waals surface area contributed by atoms with Gasteiger partial charge in [-0.2, -0.15) is 4.31 Å². The number of aliphatic hydroxyl groups is 1. The third kappa shape index (κ3) is 3.68. The van der Waals surface area contributed by atoms with Crippen LogP contribution in [0.25, 0.3) is 0 Å². The Hall–Kier alpha value is -1.70. The van der Waals surface area contributed by atoms with Gasteiger partial charge in [0.15, 0.2) is 0 Å². The summed E-state index contributed by atoms with van der Waals surface area (Å²) in [4.78, 5) is 11.7. The number of nitrogens with zero attached hydrogens (tertiary/aromatic N) is 1. The van der Waals surface area contributed by atoms with E-state index in [4.69, 9.17) is 0 Å². The zero-order valence-corrected chi connectivity index (χ0v) is 14.7. The monoisotopic (exact) mass is 352 g/mol. The molecule has 1 atom stereocenters. The molecular weight excluding hydrogens is 328 g/mol. The van der Waals surface area contributed by atoms with E-state index in [0.717, 1.165) is 6.42 Å². The summed E-state index contributed by atoms with van der Waals surface area (Å²) in [5, 5.41) is 12.2. The van der Waals surface area contributed by atoms with Crippen LogP contribution in [-0.4, -0.2) is 50.5 Å². The molecule has 2 N–H and O–H groups in total. The lowest BCUT2D eigenvalue weighted by molar-refractivity contribution is 0.0669. The highest BCUT2D eigenvalue weighted by Gasteiger charge is 2.39. The van der Waals surface area contributed by atoms with E-state index >= 15 is 0 Å². The molecule has 1 aliphatic rings. The maximum Gasteiger partial charge on any atom is 0.251 e. The van der Waals surface area contributed by atoms with Crippen molar-refractivity contribution in [3.63, 3.8) is 0 Å². The third-order valence-corrected chi connectivity index (χ3v) is 6.38. The van der Waals surface area contributed by atoms with Gasteiger partial charge in [0, 0.05) is 31.1 Å². The van der Waals surface area contributed by atoms with Crippen LogP contribution >= 0.6 is 0 Å². The lowest BCUT2D eigenvalue weighted by Crippen LogP contribution is -2.47. The third-order valence-electron chi connectivity index (χ3n) is 4.52.